The third-order valence-electron chi connectivity index (χ3n) is 2.79. The molecule has 120 valence electrons. The lowest BCUT2D eigenvalue weighted by atomic mass is 10.2. The molecule has 0 amide bonds. The first-order valence-corrected chi connectivity index (χ1v) is 8.70. The van der Waals surface area contributed by atoms with Crippen LogP contribution >= 0.6 is 11.6 Å². The number of aryl methyl sites for hydroxylation is 1. The number of sulfonamides is 1. The Labute approximate surface area is 131 Å². The van der Waals surface area contributed by atoms with Crippen LogP contribution in [0.25, 0.3) is 0 Å². The van der Waals surface area contributed by atoms with E-state index in [-0.39, 0.29) is 4.90 Å². The summed E-state index contributed by atoms with van der Waals surface area (Å²) in [4.78, 5) is 0.0731. The van der Waals surface area contributed by atoms with Crippen LogP contribution in [0.2, 0.25) is 5.02 Å². The Balaban J connectivity index is 2.99. The van der Waals surface area contributed by atoms with E-state index in [9.17, 15) is 8.42 Å². The van der Waals surface area contributed by atoms with Crippen LogP contribution in [0.3, 0.4) is 0 Å². The van der Waals surface area contributed by atoms with Crippen LogP contribution in [0.5, 0.6) is 5.75 Å². The quantitative estimate of drug-likeness (QED) is 0.705. The Morgan fingerprint density at radius 2 is 2.00 bits per heavy atom. The minimum Gasteiger partial charge on any atom is -0.492 e. The highest BCUT2D eigenvalue weighted by Crippen LogP contribution is 2.30. The van der Waals surface area contributed by atoms with Crippen LogP contribution in [-0.4, -0.2) is 35.3 Å². The fraction of sp³-hybridized carbons (Fsp3) is 0.571. The number of halogens is 1. The monoisotopic (exact) mass is 335 g/mol. The second kappa shape index (κ2) is 8.58. The van der Waals surface area contributed by atoms with Gasteiger partial charge in [-0.3, -0.25) is 0 Å². The maximum absolute atomic E-state index is 12.4. The number of methoxy groups -OCH3 is 1. The van der Waals surface area contributed by atoms with Crippen molar-refractivity contribution in [3.05, 3.63) is 22.7 Å². The van der Waals surface area contributed by atoms with Gasteiger partial charge in [0.15, 0.2) is 0 Å². The summed E-state index contributed by atoms with van der Waals surface area (Å²) in [6, 6.07) is 3.09. The van der Waals surface area contributed by atoms with Crippen LogP contribution in [0.1, 0.15) is 25.3 Å². The molecule has 0 aliphatic heterocycles. The molecule has 0 aromatic heterocycles. The second-order valence-corrected chi connectivity index (χ2v) is 6.78. The van der Waals surface area contributed by atoms with Gasteiger partial charge in [0, 0.05) is 25.3 Å². The minimum absolute atomic E-state index is 0.0731. The molecule has 0 bridgehead atoms. The van der Waals surface area contributed by atoms with E-state index in [4.69, 9.17) is 21.1 Å². The molecular formula is C14H22ClNO4S. The molecule has 1 aromatic carbocycles. The van der Waals surface area contributed by atoms with Gasteiger partial charge in [-0.1, -0.05) is 18.5 Å². The smallest absolute Gasteiger partial charge is 0.244 e. The van der Waals surface area contributed by atoms with Crippen molar-refractivity contribution in [1.29, 1.82) is 0 Å². The Kier molecular flexibility index (Phi) is 7.45. The molecule has 1 aromatic rings. The molecule has 0 fully saturated rings. The molecule has 0 aliphatic rings. The zero-order chi connectivity index (χ0) is 15.9. The minimum atomic E-state index is -3.66. The first-order valence-electron chi connectivity index (χ1n) is 6.84. The lowest BCUT2D eigenvalue weighted by Crippen LogP contribution is -2.26. The molecule has 21 heavy (non-hydrogen) atoms. The first-order chi connectivity index (χ1) is 9.92. The van der Waals surface area contributed by atoms with Gasteiger partial charge in [0.1, 0.15) is 10.6 Å². The molecule has 0 saturated heterocycles. The van der Waals surface area contributed by atoms with Crippen molar-refractivity contribution < 1.29 is 17.9 Å². The standard InChI is InChI=1S/C14H22ClNO4S/c1-4-7-20-13-9-11(2)12(15)10-14(13)21(17,18)16-6-5-8-19-3/h9-10,16H,4-8H2,1-3H3. The molecule has 0 heterocycles. The number of hydrogen-bond acceptors (Lipinski definition) is 4. The highest BCUT2D eigenvalue weighted by atomic mass is 35.5. The van der Waals surface area contributed by atoms with Gasteiger partial charge in [-0.25, -0.2) is 13.1 Å². The zero-order valence-corrected chi connectivity index (χ0v) is 14.2. The second-order valence-electron chi connectivity index (χ2n) is 4.64. The summed E-state index contributed by atoms with van der Waals surface area (Å²) in [5, 5.41) is 0.399. The van der Waals surface area contributed by atoms with Crippen LogP contribution < -0.4 is 9.46 Å². The third-order valence-corrected chi connectivity index (χ3v) is 4.68. The van der Waals surface area contributed by atoms with Gasteiger partial charge in [-0.05, 0) is 37.5 Å². The Morgan fingerprint density at radius 1 is 1.29 bits per heavy atom. The highest BCUT2D eigenvalue weighted by Gasteiger charge is 2.21. The van der Waals surface area contributed by atoms with Gasteiger partial charge in [0.2, 0.25) is 10.0 Å². The Morgan fingerprint density at radius 3 is 2.62 bits per heavy atom. The summed E-state index contributed by atoms with van der Waals surface area (Å²) in [6.07, 6.45) is 1.39. The van der Waals surface area contributed by atoms with E-state index >= 15 is 0 Å². The van der Waals surface area contributed by atoms with Crippen LogP contribution in [0.4, 0.5) is 0 Å². The molecule has 7 heteroatoms. The molecule has 0 saturated carbocycles. The lowest BCUT2D eigenvalue weighted by molar-refractivity contribution is 0.196. The maximum Gasteiger partial charge on any atom is 0.244 e. The highest BCUT2D eigenvalue weighted by molar-refractivity contribution is 7.89. The van der Waals surface area contributed by atoms with E-state index in [0.717, 1.165) is 12.0 Å². The van der Waals surface area contributed by atoms with E-state index in [2.05, 4.69) is 4.72 Å². The van der Waals surface area contributed by atoms with E-state index < -0.39 is 10.0 Å². The summed E-state index contributed by atoms with van der Waals surface area (Å²) in [7, 11) is -2.08. The van der Waals surface area contributed by atoms with Crippen molar-refractivity contribution >= 4 is 21.6 Å². The molecule has 0 unspecified atom stereocenters. The molecule has 0 spiro atoms. The fourth-order valence-electron chi connectivity index (χ4n) is 1.67. The van der Waals surface area contributed by atoms with Gasteiger partial charge < -0.3 is 9.47 Å². The van der Waals surface area contributed by atoms with Gasteiger partial charge in [0.05, 0.1) is 6.61 Å². The predicted molar refractivity (Wildman–Crippen MR) is 83.7 cm³/mol. The normalized spacial score (nSPS) is 11.6. The number of hydrogen-bond donors (Lipinski definition) is 1. The summed E-state index contributed by atoms with van der Waals surface area (Å²) in [6.45, 7) is 5.02. The third kappa shape index (κ3) is 5.47. The van der Waals surface area contributed by atoms with Crippen LogP contribution in [-0.2, 0) is 14.8 Å². The average molecular weight is 336 g/mol. The molecular weight excluding hydrogens is 314 g/mol. The number of ether oxygens (including phenoxy) is 2. The lowest BCUT2D eigenvalue weighted by Gasteiger charge is -2.14. The largest absolute Gasteiger partial charge is 0.492 e. The average Bonchev–Trinajstić information content (AvgIpc) is 2.44. The molecule has 0 aliphatic carbocycles. The van der Waals surface area contributed by atoms with Crippen molar-refractivity contribution in [2.45, 2.75) is 31.6 Å². The molecule has 5 nitrogen and oxygen atoms in total. The maximum atomic E-state index is 12.4. The van der Waals surface area contributed by atoms with Crippen molar-refractivity contribution in [1.82, 2.24) is 4.72 Å². The molecule has 1 N–H and O–H groups in total. The summed E-state index contributed by atoms with van der Waals surface area (Å²) >= 11 is 6.04. The SMILES string of the molecule is CCCOc1cc(C)c(Cl)cc1S(=O)(=O)NCCCOC. The van der Waals surface area contributed by atoms with Crippen molar-refractivity contribution in [3.8, 4) is 5.75 Å². The topological polar surface area (TPSA) is 64.6 Å². The fourth-order valence-corrected chi connectivity index (χ4v) is 3.13. The van der Waals surface area contributed by atoms with Crippen molar-refractivity contribution in [2.75, 3.05) is 26.9 Å². The number of rotatable bonds is 9. The summed E-state index contributed by atoms with van der Waals surface area (Å²) < 4.78 is 37.7. The Hall–Kier alpha value is -0.820. The Bertz CT molecular complexity index is 560. The van der Waals surface area contributed by atoms with Gasteiger partial charge in [-0.2, -0.15) is 0 Å². The first kappa shape index (κ1) is 18.2. The number of nitrogens with one attached hydrogen (secondary N) is 1. The molecule has 1 rings (SSSR count). The number of benzene rings is 1. The van der Waals surface area contributed by atoms with Crippen LogP contribution in [0, 0.1) is 6.92 Å². The van der Waals surface area contributed by atoms with Gasteiger partial charge in [-0.15, -0.1) is 0 Å². The van der Waals surface area contributed by atoms with Crippen LogP contribution in [0.15, 0.2) is 17.0 Å². The van der Waals surface area contributed by atoms with Gasteiger partial charge >= 0.3 is 0 Å². The summed E-state index contributed by atoms with van der Waals surface area (Å²) in [5.74, 6) is 0.331. The van der Waals surface area contributed by atoms with Crippen molar-refractivity contribution in [3.63, 3.8) is 0 Å². The van der Waals surface area contributed by atoms with E-state index in [0.29, 0.717) is 37.0 Å². The summed E-state index contributed by atoms with van der Waals surface area (Å²) in [5.41, 5.74) is 0.779. The predicted octanol–water partition coefficient (Wildman–Crippen LogP) is 2.75. The van der Waals surface area contributed by atoms with Gasteiger partial charge in [0.25, 0.3) is 0 Å². The molecule has 0 atom stereocenters. The van der Waals surface area contributed by atoms with E-state index in [1.54, 1.807) is 13.2 Å². The zero-order valence-electron chi connectivity index (χ0n) is 12.6. The molecule has 0 radical (unpaired) electrons. The van der Waals surface area contributed by atoms with E-state index in [1.807, 2.05) is 13.8 Å². The van der Waals surface area contributed by atoms with Crippen molar-refractivity contribution in [2.24, 2.45) is 0 Å². The van der Waals surface area contributed by atoms with E-state index in [1.165, 1.54) is 6.07 Å².